The quantitative estimate of drug-likeness (QED) is 0.0534. The SMILES string of the molecule is CC(C)(C)OC(=O)CCCCCCCc1ccc(Oc2ccc(S(=O)(=O)Nc3ncc(C(=O)NCCOCCOCC(=O)CCCOCCOCC(=O)O)cn3)cc2)cc1. The van der Waals surface area contributed by atoms with Crippen molar-refractivity contribution >= 4 is 39.6 Å². The first-order valence-corrected chi connectivity index (χ1v) is 21.4. The van der Waals surface area contributed by atoms with E-state index in [1.807, 2.05) is 45.0 Å². The van der Waals surface area contributed by atoms with Crippen molar-refractivity contribution in [2.24, 2.45) is 0 Å². The number of carboxylic acid groups (broad SMARTS) is 1. The molecule has 3 aromatic rings. The summed E-state index contributed by atoms with van der Waals surface area (Å²) in [5.41, 5.74) is 0.865. The Kier molecular flexibility index (Phi) is 22.2. The summed E-state index contributed by atoms with van der Waals surface area (Å²) in [7, 11) is -4.03. The van der Waals surface area contributed by atoms with Gasteiger partial charge in [-0.3, -0.25) is 14.4 Å². The Morgan fingerprint density at radius 3 is 1.92 bits per heavy atom. The van der Waals surface area contributed by atoms with Crippen LogP contribution in [0.25, 0.3) is 0 Å². The number of aliphatic carboxylic acids is 1. The Labute approximate surface area is 351 Å². The van der Waals surface area contributed by atoms with Gasteiger partial charge in [-0.15, -0.1) is 0 Å². The first-order valence-electron chi connectivity index (χ1n) is 20.0. The summed E-state index contributed by atoms with van der Waals surface area (Å²) in [5, 5.41) is 11.1. The number of sulfonamides is 1. The highest BCUT2D eigenvalue weighted by Gasteiger charge is 2.18. The highest BCUT2D eigenvalue weighted by atomic mass is 32.2. The van der Waals surface area contributed by atoms with Gasteiger partial charge in [0.15, 0.2) is 5.78 Å². The molecule has 2 aromatic carbocycles. The third-order valence-electron chi connectivity index (χ3n) is 8.21. The summed E-state index contributed by atoms with van der Waals surface area (Å²) in [5.74, 6) is -0.881. The van der Waals surface area contributed by atoms with E-state index in [0.29, 0.717) is 30.9 Å². The summed E-state index contributed by atoms with van der Waals surface area (Å²) >= 11 is 0. The van der Waals surface area contributed by atoms with Gasteiger partial charge in [-0.25, -0.2) is 27.9 Å². The monoisotopic (exact) mass is 858 g/mol. The average molecular weight is 859 g/mol. The molecule has 0 bridgehead atoms. The average Bonchev–Trinajstić information content (AvgIpc) is 3.19. The minimum Gasteiger partial charge on any atom is -0.480 e. The molecule has 1 heterocycles. The summed E-state index contributed by atoms with van der Waals surface area (Å²) in [6.45, 7) is 6.73. The van der Waals surface area contributed by atoms with Gasteiger partial charge in [-0.1, -0.05) is 31.4 Å². The number of hydrogen-bond acceptors (Lipinski definition) is 14. The third kappa shape index (κ3) is 21.8. The molecule has 18 heteroatoms. The zero-order chi connectivity index (χ0) is 43.6. The lowest BCUT2D eigenvalue weighted by atomic mass is 10.0. The number of ether oxygens (including phenoxy) is 6. The van der Waals surface area contributed by atoms with E-state index in [2.05, 4.69) is 20.0 Å². The van der Waals surface area contributed by atoms with Crippen LogP contribution in [0, 0.1) is 0 Å². The third-order valence-corrected chi connectivity index (χ3v) is 9.55. The normalized spacial score (nSPS) is 11.5. The van der Waals surface area contributed by atoms with Crippen molar-refractivity contribution in [2.45, 2.75) is 89.1 Å². The molecule has 0 fully saturated rings. The molecule has 3 N–H and O–H groups in total. The fraction of sp³-hybridized carbons (Fsp3) is 0.524. The van der Waals surface area contributed by atoms with Gasteiger partial charge in [0.2, 0.25) is 5.95 Å². The van der Waals surface area contributed by atoms with E-state index in [0.717, 1.165) is 38.5 Å². The maximum absolute atomic E-state index is 13.0. The topological polar surface area (TPSA) is 228 Å². The molecule has 0 spiro atoms. The standard InChI is InChI=1S/C42H58N4O13S/c1-42(2,3)59-39(50)12-8-6-4-5-7-10-32-13-15-35(16-14-32)58-36-17-19-37(20-18-36)60(52,53)46-41-44-28-33(29-45-41)40(51)43-21-23-55-25-26-56-30-34(47)11-9-22-54-24-27-57-31-38(48)49/h13-20,28-29H,4-12,21-27,30-31H2,1-3H3,(H,43,51)(H,48,49)(H,44,45,46). The van der Waals surface area contributed by atoms with Crippen molar-refractivity contribution < 1.29 is 61.1 Å². The smallest absolute Gasteiger partial charge is 0.329 e. The fourth-order valence-corrected chi connectivity index (χ4v) is 6.27. The lowest BCUT2D eigenvalue weighted by molar-refractivity contribution is -0.155. The molecule has 330 valence electrons. The van der Waals surface area contributed by atoms with Crippen LogP contribution in [0.5, 0.6) is 11.5 Å². The molecule has 0 saturated heterocycles. The van der Waals surface area contributed by atoms with Gasteiger partial charge in [-0.2, -0.15) is 0 Å². The molecule has 0 atom stereocenters. The van der Waals surface area contributed by atoms with Crippen molar-refractivity contribution in [3.63, 3.8) is 0 Å². The van der Waals surface area contributed by atoms with Crippen LogP contribution in [-0.2, 0) is 54.5 Å². The molecule has 0 radical (unpaired) electrons. The van der Waals surface area contributed by atoms with E-state index in [1.165, 1.54) is 30.1 Å². The first-order chi connectivity index (χ1) is 28.7. The number of benzene rings is 2. The second-order valence-corrected chi connectivity index (χ2v) is 16.3. The van der Waals surface area contributed by atoms with Crippen molar-refractivity contribution in [3.8, 4) is 11.5 Å². The molecule has 0 unspecified atom stereocenters. The predicted octanol–water partition coefficient (Wildman–Crippen LogP) is 5.52. The molecule has 0 aliphatic carbocycles. The number of hydrogen-bond donors (Lipinski definition) is 3. The summed E-state index contributed by atoms with van der Waals surface area (Å²) in [4.78, 5) is 54.4. The molecule has 0 saturated carbocycles. The highest BCUT2D eigenvalue weighted by molar-refractivity contribution is 7.92. The Bertz CT molecular complexity index is 1850. The van der Waals surface area contributed by atoms with Crippen LogP contribution in [0.1, 0.15) is 88.1 Å². The van der Waals surface area contributed by atoms with Crippen molar-refractivity contribution in [1.29, 1.82) is 0 Å². The summed E-state index contributed by atoms with van der Waals surface area (Å²) in [6, 6.07) is 13.7. The van der Waals surface area contributed by atoms with Gasteiger partial charge in [0.25, 0.3) is 15.9 Å². The number of aromatic nitrogens is 2. The first kappa shape index (κ1) is 49.4. The summed E-state index contributed by atoms with van der Waals surface area (Å²) in [6.07, 6.45) is 9.61. The number of carbonyl (C=O) groups is 4. The maximum atomic E-state index is 13.0. The van der Waals surface area contributed by atoms with Gasteiger partial charge in [-0.05, 0) is 88.4 Å². The molecule has 1 amide bonds. The highest BCUT2D eigenvalue weighted by Crippen LogP contribution is 2.24. The molecule has 3 rings (SSSR count). The van der Waals surface area contributed by atoms with Gasteiger partial charge in [0.05, 0.1) is 43.5 Å². The lowest BCUT2D eigenvalue weighted by Crippen LogP contribution is -2.28. The van der Waals surface area contributed by atoms with Gasteiger partial charge in [0, 0.05) is 38.4 Å². The molecule has 17 nitrogen and oxygen atoms in total. The number of carbonyl (C=O) groups excluding carboxylic acids is 3. The number of nitrogens with zero attached hydrogens (tertiary/aromatic N) is 2. The number of nitrogens with one attached hydrogen (secondary N) is 2. The zero-order valence-electron chi connectivity index (χ0n) is 34.7. The van der Waals surface area contributed by atoms with Crippen molar-refractivity contribution in [3.05, 3.63) is 72.1 Å². The number of amides is 1. The molecule has 0 aliphatic heterocycles. The van der Waals surface area contributed by atoms with Gasteiger partial charge >= 0.3 is 11.9 Å². The predicted molar refractivity (Wildman–Crippen MR) is 221 cm³/mol. The number of aryl methyl sites for hydroxylation is 1. The van der Waals surface area contributed by atoms with Crippen LogP contribution in [-0.4, -0.2) is 112 Å². The van der Waals surface area contributed by atoms with E-state index < -0.39 is 27.5 Å². The largest absolute Gasteiger partial charge is 0.480 e. The second-order valence-electron chi connectivity index (χ2n) is 14.6. The molecule has 1 aromatic heterocycles. The number of unbranched alkanes of at least 4 members (excludes halogenated alkanes) is 4. The van der Waals surface area contributed by atoms with Crippen LogP contribution in [0.3, 0.4) is 0 Å². The Balaban J connectivity index is 1.26. The number of carboxylic acids is 1. The number of ketones is 1. The molecular formula is C42H58N4O13S. The van der Waals surface area contributed by atoms with Gasteiger partial charge in [0.1, 0.15) is 30.3 Å². The van der Waals surface area contributed by atoms with Crippen LogP contribution in [0.4, 0.5) is 5.95 Å². The van der Waals surface area contributed by atoms with Crippen LogP contribution >= 0.6 is 0 Å². The number of anilines is 1. The Morgan fingerprint density at radius 2 is 1.27 bits per heavy atom. The number of esters is 1. The van der Waals surface area contributed by atoms with E-state index in [9.17, 15) is 27.6 Å². The van der Waals surface area contributed by atoms with Crippen LogP contribution in [0.2, 0.25) is 0 Å². The van der Waals surface area contributed by atoms with Crippen LogP contribution in [0.15, 0.2) is 65.8 Å². The number of Topliss-reactive ketones (excluding diaryl/α,β-unsaturated/α-hetero) is 1. The molecular weight excluding hydrogens is 801 g/mol. The second kappa shape index (κ2) is 27.0. The minimum absolute atomic E-state index is 0.0291. The fourth-order valence-electron chi connectivity index (χ4n) is 5.31. The summed E-state index contributed by atoms with van der Waals surface area (Å²) < 4.78 is 60.3. The van der Waals surface area contributed by atoms with Crippen molar-refractivity contribution in [1.82, 2.24) is 15.3 Å². The van der Waals surface area contributed by atoms with E-state index in [4.69, 9.17) is 33.5 Å². The van der Waals surface area contributed by atoms with Crippen molar-refractivity contribution in [2.75, 3.05) is 64.1 Å². The molecule has 0 aliphatic rings. The lowest BCUT2D eigenvalue weighted by Gasteiger charge is -2.19. The Hall–Kier alpha value is -5.01. The van der Waals surface area contributed by atoms with Gasteiger partial charge < -0.3 is 38.8 Å². The van der Waals surface area contributed by atoms with E-state index in [-0.39, 0.29) is 87.4 Å². The Morgan fingerprint density at radius 1 is 0.683 bits per heavy atom. The zero-order valence-corrected chi connectivity index (χ0v) is 35.5. The number of rotatable bonds is 31. The molecule has 60 heavy (non-hydrogen) atoms. The van der Waals surface area contributed by atoms with E-state index in [1.54, 1.807) is 12.1 Å². The minimum atomic E-state index is -4.03. The van der Waals surface area contributed by atoms with E-state index >= 15 is 0 Å². The maximum Gasteiger partial charge on any atom is 0.329 e. The van der Waals surface area contributed by atoms with Crippen LogP contribution < -0.4 is 14.8 Å².